The largest absolute Gasteiger partial charge is 0.373 e. The molecule has 1 spiro atoms. The molecule has 1 saturated heterocycles. The Bertz CT molecular complexity index is 853. The number of imide groups is 2. The van der Waals surface area contributed by atoms with Gasteiger partial charge in [-0.2, -0.15) is 0 Å². The average molecular weight is 388 g/mol. The van der Waals surface area contributed by atoms with Crippen LogP contribution in [0.4, 0.5) is 16.2 Å². The standard InChI is InChI=1S/C19H24N4O5/c1-12(2)5-4-8-22-17(25)19(16(24)20-18(22)26)10-13-9-14(23(27)28)6-7-15(13)21(3)11-19/h6-7,9,12H,4-5,8,10-11H2,1-3H3,(H,20,24,26)/t19-/m0/s1. The summed E-state index contributed by atoms with van der Waals surface area (Å²) >= 11 is 0. The van der Waals surface area contributed by atoms with E-state index in [1.807, 2.05) is 0 Å². The van der Waals surface area contributed by atoms with Crippen molar-refractivity contribution < 1.29 is 19.3 Å². The molecule has 2 aliphatic rings. The zero-order valence-corrected chi connectivity index (χ0v) is 16.2. The van der Waals surface area contributed by atoms with Gasteiger partial charge in [-0.15, -0.1) is 0 Å². The Hall–Kier alpha value is -2.97. The van der Waals surface area contributed by atoms with Crippen LogP contribution in [-0.4, -0.2) is 47.8 Å². The number of hydrogen-bond acceptors (Lipinski definition) is 6. The highest BCUT2D eigenvalue weighted by atomic mass is 16.6. The van der Waals surface area contributed by atoms with Crippen molar-refractivity contribution in [2.45, 2.75) is 33.1 Å². The number of fused-ring (bicyclic) bond motifs is 1. The molecule has 2 heterocycles. The Morgan fingerprint density at radius 3 is 2.64 bits per heavy atom. The first-order valence-corrected chi connectivity index (χ1v) is 9.31. The van der Waals surface area contributed by atoms with Gasteiger partial charge in [0.1, 0.15) is 5.41 Å². The van der Waals surface area contributed by atoms with Gasteiger partial charge in [0.15, 0.2) is 0 Å². The summed E-state index contributed by atoms with van der Waals surface area (Å²) in [5, 5.41) is 13.4. The van der Waals surface area contributed by atoms with E-state index in [1.165, 1.54) is 12.1 Å². The summed E-state index contributed by atoms with van der Waals surface area (Å²) in [5.74, 6) is -0.743. The summed E-state index contributed by atoms with van der Waals surface area (Å²) < 4.78 is 0. The molecule has 2 aliphatic heterocycles. The van der Waals surface area contributed by atoms with Crippen LogP contribution in [-0.2, 0) is 16.0 Å². The van der Waals surface area contributed by atoms with Crippen molar-refractivity contribution in [2.24, 2.45) is 11.3 Å². The van der Waals surface area contributed by atoms with Gasteiger partial charge < -0.3 is 4.90 Å². The third-order valence-corrected chi connectivity index (χ3v) is 5.40. The number of benzene rings is 1. The van der Waals surface area contributed by atoms with Crippen molar-refractivity contribution in [1.29, 1.82) is 0 Å². The van der Waals surface area contributed by atoms with Gasteiger partial charge in [-0.05, 0) is 36.8 Å². The van der Waals surface area contributed by atoms with E-state index in [4.69, 9.17) is 0 Å². The van der Waals surface area contributed by atoms with Crippen LogP contribution in [0.1, 0.15) is 32.3 Å². The molecule has 1 N–H and O–H groups in total. The second-order valence-corrected chi connectivity index (χ2v) is 7.94. The van der Waals surface area contributed by atoms with Gasteiger partial charge in [0, 0.05) is 38.0 Å². The van der Waals surface area contributed by atoms with Crippen LogP contribution in [0.2, 0.25) is 0 Å². The fourth-order valence-electron chi connectivity index (χ4n) is 3.96. The molecule has 1 fully saturated rings. The monoisotopic (exact) mass is 388 g/mol. The van der Waals surface area contributed by atoms with Crippen LogP contribution >= 0.6 is 0 Å². The lowest BCUT2D eigenvalue weighted by molar-refractivity contribution is -0.384. The second-order valence-electron chi connectivity index (χ2n) is 7.94. The Balaban J connectivity index is 1.94. The van der Waals surface area contributed by atoms with Crippen LogP contribution in [0.5, 0.6) is 0 Å². The highest BCUT2D eigenvalue weighted by Gasteiger charge is 2.56. The number of urea groups is 1. The second kappa shape index (κ2) is 7.21. The molecule has 0 unspecified atom stereocenters. The Kier molecular flexibility index (Phi) is 5.10. The molecule has 28 heavy (non-hydrogen) atoms. The lowest BCUT2D eigenvalue weighted by atomic mass is 9.74. The smallest absolute Gasteiger partial charge is 0.330 e. The maximum absolute atomic E-state index is 13.3. The quantitative estimate of drug-likeness (QED) is 0.469. The third-order valence-electron chi connectivity index (χ3n) is 5.40. The number of nitro benzene ring substituents is 1. The van der Waals surface area contributed by atoms with Gasteiger partial charge in [0.2, 0.25) is 11.8 Å². The minimum atomic E-state index is -1.47. The number of rotatable bonds is 5. The van der Waals surface area contributed by atoms with E-state index in [2.05, 4.69) is 19.2 Å². The summed E-state index contributed by atoms with van der Waals surface area (Å²) in [6, 6.07) is 3.72. The summed E-state index contributed by atoms with van der Waals surface area (Å²) in [5.41, 5.74) is -0.288. The molecule has 9 nitrogen and oxygen atoms in total. The topological polar surface area (TPSA) is 113 Å². The van der Waals surface area contributed by atoms with Gasteiger partial charge in [-0.25, -0.2) is 4.79 Å². The number of anilines is 1. The minimum Gasteiger partial charge on any atom is -0.373 e. The number of amides is 4. The van der Waals surface area contributed by atoms with Gasteiger partial charge in [-0.1, -0.05) is 13.8 Å². The molecular formula is C19H24N4O5. The van der Waals surface area contributed by atoms with E-state index >= 15 is 0 Å². The normalized spacial score (nSPS) is 21.9. The number of barbiturate groups is 1. The van der Waals surface area contributed by atoms with E-state index < -0.39 is 28.2 Å². The number of nitrogens with zero attached hydrogens (tertiary/aromatic N) is 3. The first-order chi connectivity index (χ1) is 13.2. The molecule has 0 radical (unpaired) electrons. The van der Waals surface area contributed by atoms with E-state index in [1.54, 1.807) is 18.0 Å². The molecule has 0 aromatic heterocycles. The van der Waals surface area contributed by atoms with Crippen molar-refractivity contribution in [3.63, 3.8) is 0 Å². The first kappa shape index (κ1) is 19.8. The Labute approximate surface area is 162 Å². The molecule has 1 atom stereocenters. The van der Waals surface area contributed by atoms with Gasteiger partial charge in [0.25, 0.3) is 5.69 Å². The predicted octanol–water partition coefficient (Wildman–Crippen LogP) is 2.09. The fourth-order valence-corrected chi connectivity index (χ4v) is 3.96. The van der Waals surface area contributed by atoms with Crippen molar-refractivity contribution in [1.82, 2.24) is 10.2 Å². The molecule has 0 saturated carbocycles. The molecule has 9 heteroatoms. The molecular weight excluding hydrogens is 364 g/mol. The molecule has 4 amide bonds. The lowest BCUT2D eigenvalue weighted by Gasteiger charge is -2.45. The number of nitrogens with one attached hydrogen (secondary N) is 1. The number of nitro groups is 1. The molecule has 0 aliphatic carbocycles. The highest BCUT2D eigenvalue weighted by Crippen LogP contribution is 2.40. The van der Waals surface area contributed by atoms with E-state index in [-0.39, 0.29) is 25.2 Å². The Morgan fingerprint density at radius 1 is 1.29 bits per heavy atom. The van der Waals surface area contributed by atoms with Crippen molar-refractivity contribution >= 4 is 29.2 Å². The van der Waals surface area contributed by atoms with Gasteiger partial charge in [-0.3, -0.25) is 29.9 Å². The average Bonchev–Trinajstić information content (AvgIpc) is 2.62. The first-order valence-electron chi connectivity index (χ1n) is 9.31. The Morgan fingerprint density at radius 2 is 2.00 bits per heavy atom. The summed E-state index contributed by atoms with van der Waals surface area (Å²) in [6.45, 7) is 4.46. The molecule has 1 aromatic carbocycles. The maximum Gasteiger partial charge on any atom is 0.330 e. The molecule has 3 rings (SSSR count). The summed E-state index contributed by atoms with van der Waals surface area (Å²) in [4.78, 5) is 51.7. The molecule has 0 bridgehead atoms. The SMILES string of the molecule is CC(C)CCCN1C(=O)NC(=O)[C@@]2(Cc3cc([N+](=O)[O-])ccc3N(C)C2)C1=O. The lowest BCUT2D eigenvalue weighted by Crippen LogP contribution is -2.68. The highest BCUT2D eigenvalue weighted by molar-refractivity contribution is 6.20. The summed E-state index contributed by atoms with van der Waals surface area (Å²) in [7, 11) is 1.73. The fraction of sp³-hybridized carbons (Fsp3) is 0.526. The summed E-state index contributed by atoms with van der Waals surface area (Å²) in [6.07, 6.45) is 1.53. The number of hydrogen-bond donors (Lipinski definition) is 1. The number of non-ortho nitro benzene ring substituents is 1. The van der Waals surface area contributed by atoms with E-state index in [0.29, 0.717) is 17.9 Å². The number of carbonyl (C=O) groups is 3. The van der Waals surface area contributed by atoms with Gasteiger partial charge >= 0.3 is 6.03 Å². The van der Waals surface area contributed by atoms with Crippen LogP contribution in [0.3, 0.4) is 0 Å². The maximum atomic E-state index is 13.3. The van der Waals surface area contributed by atoms with Crippen LogP contribution in [0.15, 0.2) is 18.2 Å². The van der Waals surface area contributed by atoms with Gasteiger partial charge in [0.05, 0.1) is 4.92 Å². The van der Waals surface area contributed by atoms with Crippen LogP contribution < -0.4 is 10.2 Å². The third kappa shape index (κ3) is 3.32. The van der Waals surface area contributed by atoms with E-state index in [9.17, 15) is 24.5 Å². The van der Waals surface area contributed by atoms with Crippen molar-refractivity contribution in [3.8, 4) is 0 Å². The molecule has 1 aromatic rings. The zero-order chi connectivity index (χ0) is 20.6. The predicted molar refractivity (Wildman–Crippen MR) is 102 cm³/mol. The van der Waals surface area contributed by atoms with E-state index in [0.717, 1.165) is 17.0 Å². The zero-order valence-electron chi connectivity index (χ0n) is 16.2. The molecule has 150 valence electrons. The number of carbonyl (C=O) groups excluding carboxylic acids is 3. The van der Waals surface area contributed by atoms with Crippen LogP contribution in [0.25, 0.3) is 0 Å². The minimum absolute atomic E-state index is 0.0208. The van der Waals surface area contributed by atoms with Crippen molar-refractivity contribution in [2.75, 3.05) is 25.0 Å². The van der Waals surface area contributed by atoms with Crippen molar-refractivity contribution in [3.05, 3.63) is 33.9 Å². The van der Waals surface area contributed by atoms with Crippen LogP contribution in [0, 0.1) is 21.4 Å².